The van der Waals surface area contributed by atoms with E-state index in [1.54, 1.807) is 12.3 Å². The second-order valence-electron chi connectivity index (χ2n) is 4.83. The van der Waals surface area contributed by atoms with Crippen molar-refractivity contribution in [3.8, 4) is 0 Å². The maximum Gasteiger partial charge on any atom is 0.263 e. The minimum Gasteiger partial charge on any atom is -0.384 e. The maximum absolute atomic E-state index is 12.5. The number of nitrogens with zero attached hydrogens (tertiary/aromatic N) is 1. The number of aliphatic hydroxyl groups excluding tert-OH is 1. The minimum absolute atomic E-state index is 0.0475. The van der Waals surface area contributed by atoms with E-state index in [1.807, 2.05) is 24.3 Å². The normalized spacial score (nSPS) is 12.8. The Morgan fingerprint density at radius 2 is 1.52 bits per heavy atom. The molecule has 1 atom stereocenters. The molecule has 0 amide bonds. The first kappa shape index (κ1) is 13.6. The summed E-state index contributed by atoms with van der Waals surface area (Å²) in [5.41, 5.74) is 2.10. The Hall–Kier alpha value is -2.33. The van der Waals surface area contributed by atoms with E-state index >= 15 is 0 Å². The number of rotatable bonds is 3. The summed E-state index contributed by atoms with van der Waals surface area (Å²) in [5.74, 6) is 0. The Labute approximate surface area is 120 Å². The van der Waals surface area contributed by atoms with Crippen LogP contribution < -0.4 is 0 Å². The molecule has 0 aliphatic rings. The molecule has 21 heavy (non-hydrogen) atoms. The average Bonchev–Trinajstić information content (AvgIpc) is 2.54. The lowest BCUT2D eigenvalue weighted by Crippen LogP contribution is -2.00. The molecule has 106 valence electrons. The minimum atomic E-state index is -2.50. The van der Waals surface area contributed by atoms with Crippen LogP contribution >= 0.6 is 0 Å². The van der Waals surface area contributed by atoms with Crippen molar-refractivity contribution >= 4 is 10.9 Å². The van der Waals surface area contributed by atoms with Crippen LogP contribution in [0.5, 0.6) is 0 Å². The van der Waals surface area contributed by atoms with Crippen LogP contribution in [-0.4, -0.2) is 10.1 Å². The van der Waals surface area contributed by atoms with Crippen molar-refractivity contribution in [2.75, 3.05) is 0 Å². The molecular weight excluding hydrogens is 272 g/mol. The molecule has 0 saturated heterocycles. The average molecular weight is 285 g/mol. The molecule has 4 heteroatoms. The van der Waals surface area contributed by atoms with Crippen molar-refractivity contribution in [2.45, 2.75) is 12.5 Å². The SMILES string of the molecule is OC(c1ccc(C(F)F)cc1)c1ccc2ncccc2c1. The van der Waals surface area contributed by atoms with Crippen LogP contribution in [0.4, 0.5) is 8.78 Å². The molecule has 0 bridgehead atoms. The lowest BCUT2D eigenvalue weighted by molar-refractivity contribution is 0.151. The van der Waals surface area contributed by atoms with E-state index < -0.39 is 12.5 Å². The Kier molecular flexibility index (Phi) is 3.62. The number of halogens is 2. The van der Waals surface area contributed by atoms with Gasteiger partial charge in [-0.05, 0) is 29.3 Å². The van der Waals surface area contributed by atoms with Gasteiger partial charge in [0.05, 0.1) is 5.52 Å². The third-order valence-electron chi connectivity index (χ3n) is 3.45. The first-order chi connectivity index (χ1) is 10.1. The molecule has 1 aromatic heterocycles. The van der Waals surface area contributed by atoms with Crippen LogP contribution in [0.1, 0.15) is 29.2 Å². The van der Waals surface area contributed by atoms with Crippen LogP contribution in [0, 0.1) is 0 Å². The highest BCUT2D eigenvalue weighted by Gasteiger charge is 2.13. The fourth-order valence-corrected chi connectivity index (χ4v) is 2.28. The fraction of sp³-hybridized carbons (Fsp3) is 0.118. The van der Waals surface area contributed by atoms with E-state index in [9.17, 15) is 13.9 Å². The zero-order chi connectivity index (χ0) is 14.8. The molecule has 2 nitrogen and oxygen atoms in total. The third kappa shape index (κ3) is 2.76. The summed E-state index contributed by atoms with van der Waals surface area (Å²) in [6.45, 7) is 0. The predicted molar refractivity (Wildman–Crippen MR) is 77.2 cm³/mol. The summed E-state index contributed by atoms with van der Waals surface area (Å²) in [6.07, 6.45) is -1.63. The fourth-order valence-electron chi connectivity index (χ4n) is 2.28. The number of aromatic nitrogens is 1. The van der Waals surface area contributed by atoms with Gasteiger partial charge in [-0.2, -0.15) is 0 Å². The van der Waals surface area contributed by atoms with Crippen molar-refractivity contribution in [1.29, 1.82) is 0 Å². The van der Waals surface area contributed by atoms with Gasteiger partial charge in [0.2, 0.25) is 0 Å². The number of benzene rings is 2. The zero-order valence-electron chi connectivity index (χ0n) is 11.1. The van der Waals surface area contributed by atoms with E-state index in [1.165, 1.54) is 24.3 Å². The molecule has 0 radical (unpaired) electrons. The van der Waals surface area contributed by atoms with Gasteiger partial charge in [0.25, 0.3) is 6.43 Å². The third-order valence-corrected chi connectivity index (χ3v) is 3.45. The predicted octanol–water partition coefficient (Wildman–Crippen LogP) is 4.25. The molecule has 2 aromatic carbocycles. The highest BCUT2D eigenvalue weighted by molar-refractivity contribution is 5.79. The van der Waals surface area contributed by atoms with Gasteiger partial charge in [-0.15, -0.1) is 0 Å². The molecular formula is C17H13F2NO. The van der Waals surface area contributed by atoms with Gasteiger partial charge in [-0.25, -0.2) is 8.78 Å². The van der Waals surface area contributed by atoms with E-state index in [4.69, 9.17) is 0 Å². The number of aliphatic hydroxyl groups is 1. The van der Waals surface area contributed by atoms with Crippen molar-refractivity contribution in [2.24, 2.45) is 0 Å². The highest BCUT2D eigenvalue weighted by Crippen LogP contribution is 2.26. The monoisotopic (exact) mass is 285 g/mol. The first-order valence-electron chi connectivity index (χ1n) is 6.56. The molecule has 1 heterocycles. The van der Waals surface area contributed by atoms with Crippen molar-refractivity contribution in [1.82, 2.24) is 4.98 Å². The van der Waals surface area contributed by atoms with E-state index in [0.29, 0.717) is 11.1 Å². The van der Waals surface area contributed by atoms with Gasteiger partial charge in [0, 0.05) is 17.1 Å². The van der Waals surface area contributed by atoms with Gasteiger partial charge in [0.1, 0.15) is 6.10 Å². The number of alkyl halides is 2. The molecule has 3 rings (SSSR count). The van der Waals surface area contributed by atoms with Crippen LogP contribution in [0.2, 0.25) is 0 Å². The Balaban J connectivity index is 1.93. The Morgan fingerprint density at radius 3 is 2.24 bits per heavy atom. The highest BCUT2D eigenvalue weighted by atomic mass is 19.3. The lowest BCUT2D eigenvalue weighted by Gasteiger charge is -2.13. The van der Waals surface area contributed by atoms with Gasteiger partial charge >= 0.3 is 0 Å². The second kappa shape index (κ2) is 5.58. The summed E-state index contributed by atoms with van der Waals surface area (Å²) in [7, 11) is 0. The molecule has 3 aromatic rings. The molecule has 0 aliphatic carbocycles. The van der Waals surface area contributed by atoms with E-state index in [-0.39, 0.29) is 5.56 Å². The van der Waals surface area contributed by atoms with Crippen LogP contribution in [0.3, 0.4) is 0 Å². The summed E-state index contributed by atoms with van der Waals surface area (Å²) < 4.78 is 25.1. The van der Waals surface area contributed by atoms with Gasteiger partial charge in [0.15, 0.2) is 0 Å². The number of pyridine rings is 1. The van der Waals surface area contributed by atoms with E-state index in [0.717, 1.165) is 10.9 Å². The lowest BCUT2D eigenvalue weighted by atomic mass is 9.99. The molecule has 1 unspecified atom stereocenters. The topological polar surface area (TPSA) is 33.1 Å². The number of hydrogen-bond acceptors (Lipinski definition) is 2. The largest absolute Gasteiger partial charge is 0.384 e. The van der Waals surface area contributed by atoms with E-state index in [2.05, 4.69) is 4.98 Å². The summed E-state index contributed by atoms with van der Waals surface area (Å²) in [4.78, 5) is 4.22. The smallest absolute Gasteiger partial charge is 0.263 e. The van der Waals surface area contributed by atoms with Crippen LogP contribution in [0.25, 0.3) is 10.9 Å². The summed E-state index contributed by atoms with van der Waals surface area (Å²) >= 11 is 0. The maximum atomic E-state index is 12.5. The van der Waals surface area contributed by atoms with Crippen molar-refractivity contribution in [3.63, 3.8) is 0 Å². The summed E-state index contributed by atoms with van der Waals surface area (Å²) in [5, 5.41) is 11.3. The quantitative estimate of drug-likeness (QED) is 0.780. The molecule has 0 aliphatic heterocycles. The molecule has 0 spiro atoms. The molecule has 1 N–H and O–H groups in total. The summed E-state index contributed by atoms with van der Waals surface area (Å²) in [6, 6.07) is 15.0. The molecule has 0 fully saturated rings. The van der Waals surface area contributed by atoms with Gasteiger partial charge < -0.3 is 5.11 Å². The molecule has 0 saturated carbocycles. The standard InChI is InChI=1S/C17H13F2NO/c18-17(19)12-5-3-11(4-6-12)16(21)14-7-8-15-13(10-14)2-1-9-20-15/h1-10,16-17,21H. The Morgan fingerprint density at radius 1 is 0.857 bits per heavy atom. The van der Waals surface area contributed by atoms with Crippen LogP contribution in [-0.2, 0) is 0 Å². The van der Waals surface area contributed by atoms with Gasteiger partial charge in [-0.1, -0.05) is 36.4 Å². The Bertz CT molecular complexity index is 756. The van der Waals surface area contributed by atoms with Crippen molar-refractivity contribution in [3.05, 3.63) is 77.5 Å². The second-order valence-corrected chi connectivity index (χ2v) is 4.83. The number of hydrogen-bond donors (Lipinski definition) is 1. The van der Waals surface area contributed by atoms with Crippen LogP contribution in [0.15, 0.2) is 60.8 Å². The van der Waals surface area contributed by atoms with Gasteiger partial charge in [-0.3, -0.25) is 4.98 Å². The number of fused-ring (bicyclic) bond motifs is 1. The first-order valence-corrected chi connectivity index (χ1v) is 6.56. The zero-order valence-corrected chi connectivity index (χ0v) is 11.1. The van der Waals surface area contributed by atoms with Crippen molar-refractivity contribution < 1.29 is 13.9 Å².